The minimum Gasteiger partial charge on any atom is -0.380 e. The molecule has 3 nitrogen and oxygen atoms in total. The molecule has 208 valence electrons. The number of hydrogen-bond donors (Lipinski definition) is 0. The van der Waals surface area contributed by atoms with Gasteiger partial charge in [0.25, 0.3) is 0 Å². The van der Waals surface area contributed by atoms with Gasteiger partial charge in [0.05, 0.1) is 38.6 Å². The first-order valence-electron chi connectivity index (χ1n) is 16.0. The van der Waals surface area contributed by atoms with Crippen molar-refractivity contribution in [2.75, 3.05) is 26.4 Å². The molecule has 2 saturated heterocycles. The molecule has 0 saturated carbocycles. The fourth-order valence-electron chi connectivity index (χ4n) is 6.02. The van der Waals surface area contributed by atoms with E-state index in [4.69, 9.17) is 14.2 Å². The van der Waals surface area contributed by atoms with Crippen LogP contribution in [0, 0.1) is 23.7 Å². The van der Waals surface area contributed by atoms with Crippen LogP contribution >= 0.6 is 0 Å². The average Bonchev–Trinajstić information content (AvgIpc) is 2.79. The molecule has 4 atom stereocenters. The Kier molecular flexibility index (Phi) is 17.7. The standard InChI is InChI=1S/C32H62O3/c1-5-9-11-17-27(7-3)19-13-15-21-31(29-23-33-24-29)35-32(30-25-34-26-30)22-16-14-20-28(8-4)18-12-10-6-2/h27-32H,5-26H2,1-4H3. The fraction of sp³-hybridized carbons (Fsp3) is 1.00. The lowest BCUT2D eigenvalue weighted by atomic mass is 9.89. The van der Waals surface area contributed by atoms with Gasteiger partial charge in [0, 0.05) is 11.8 Å². The lowest BCUT2D eigenvalue weighted by molar-refractivity contribution is -0.179. The van der Waals surface area contributed by atoms with Crippen molar-refractivity contribution in [2.45, 2.75) is 155 Å². The van der Waals surface area contributed by atoms with Crippen LogP contribution in [0.25, 0.3) is 0 Å². The Bertz CT molecular complexity index is 431. The Labute approximate surface area is 219 Å². The number of unbranched alkanes of at least 4 members (excludes halogenated alkanes) is 6. The van der Waals surface area contributed by atoms with E-state index in [2.05, 4.69) is 27.7 Å². The van der Waals surface area contributed by atoms with Crippen LogP contribution in [0.3, 0.4) is 0 Å². The van der Waals surface area contributed by atoms with E-state index in [0.717, 1.165) is 38.3 Å². The van der Waals surface area contributed by atoms with E-state index in [9.17, 15) is 0 Å². The highest BCUT2D eigenvalue weighted by atomic mass is 16.5. The van der Waals surface area contributed by atoms with Gasteiger partial charge in [-0.2, -0.15) is 0 Å². The van der Waals surface area contributed by atoms with Crippen molar-refractivity contribution in [3.05, 3.63) is 0 Å². The summed E-state index contributed by atoms with van der Waals surface area (Å²) in [6, 6.07) is 0. The molecule has 2 fully saturated rings. The second kappa shape index (κ2) is 19.9. The Hall–Kier alpha value is -0.120. The van der Waals surface area contributed by atoms with Crippen molar-refractivity contribution >= 4 is 0 Å². The lowest BCUT2D eigenvalue weighted by Gasteiger charge is -2.40. The SMILES string of the molecule is CCCCCC(CC)CCCCC(OC(CCCCC(CC)CCCCC)C1COC1)C1COC1. The molecule has 0 spiro atoms. The molecule has 2 aliphatic rings. The van der Waals surface area contributed by atoms with Gasteiger partial charge in [0.1, 0.15) is 0 Å². The molecular weight excluding hydrogens is 432 g/mol. The van der Waals surface area contributed by atoms with Gasteiger partial charge in [0.2, 0.25) is 0 Å². The molecule has 0 aromatic rings. The number of hydrogen-bond acceptors (Lipinski definition) is 3. The van der Waals surface area contributed by atoms with Crippen molar-refractivity contribution < 1.29 is 14.2 Å². The molecule has 0 aromatic heterocycles. The predicted molar refractivity (Wildman–Crippen MR) is 150 cm³/mol. The van der Waals surface area contributed by atoms with Gasteiger partial charge in [-0.15, -0.1) is 0 Å². The molecule has 3 heteroatoms. The molecule has 4 unspecified atom stereocenters. The van der Waals surface area contributed by atoms with Gasteiger partial charge in [-0.1, -0.05) is 130 Å². The van der Waals surface area contributed by atoms with Gasteiger partial charge in [0.15, 0.2) is 0 Å². The first kappa shape index (κ1) is 31.1. The summed E-state index contributed by atoms with van der Waals surface area (Å²) in [7, 11) is 0. The summed E-state index contributed by atoms with van der Waals surface area (Å²) >= 11 is 0. The van der Waals surface area contributed by atoms with Crippen molar-refractivity contribution in [1.82, 2.24) is 0 Å². The van der Waals surface area contributed by atoms with Crippen LogP contribution in [0.1, 0.15) is 143 Å². The van der Waals surface area contributed by atoms with Crippen LogP contribution in [-0.4, -0.2) is 38.6 Å². The van der Waals surface area contributed by atoms with Gasteiger partial charge in [-0.3, -0.25) is 0 Å². The predicted octanol–water partition coefficient (Wildman–Crippen LogP) is 9.37. The molecule has 2 aliphatic heterocycles. The van der Waals surface area contributed by atoms with E-state index < -0.39 is 0 Å². The number of ether oxygens (including phenoxy) is 3. The summed E-state index contributed by atoms with van der Waals surface area (Å²) in [4.78, 5) is 0. The van der Waals surface area contributed by atoms with Crippen LogP contribution in [0.15, 0.2) is 0 Å². The molecule has 0 aromatic carbocycles. The molecule has 0 bridgehead atoms. The summed E-state index contributed by atoms with van der Waals surface area (Å²) in [5.74, 6) is 3.10. The van der Waals surface area contributed by atoms with Gasteiger partial charge < -0.3 is 14.2 Å². The van der Waals surface area contributed by atoms with Crippen molar-refractivity contribution in [3.63, 3.8) is 0 Å². The Morgan fingerprint density at radius 2 is 0.857 bits per heavy atom. The van der Waals surface area contributed by atoms with E-state index in [1.165, 1.54) is 116 Å². The first-order valence-corrected chi connectivity index (χ1v) is 16.0. The van der Waals surface area contributed by atoms with E-state index in [1.807, 2.05) is 0 Å². The van der Waals surface area contributed by atoms with Gasteiger partial charge in [-0.25, -0.2) is 0 Å². The molecule has 2 heterocycles. The first-order chi connectivity index (χ1) is 17.2. The summed E-state index contributed by atoms with van der Waals surface area (Å²) in [6.45, 7) is 13.0. The largest absolute Gasteiger partial charge is 0.380 e. The molecule has 0 N–H and O–H groups in total. The van der Waals surface area contributed by atoms with Crippen LogP contribution in [0.4, 0.5) is 0 Å². The highest BCUT2D eigenvalue weighted by Crippen LogP contribution is 2.31. The summed E-state index contributed by atoms with van der Waals surface area (Å²) in [6.07, 6.45) is 25.3. The molecule has 2 rings (SSSR count). The Morgan fingerprint density at radius 3 is 1.14 bits per heavy atom. The smallest absolute Gasteiger partial charge is 0.0651 e. The van der Waals surface area contributed by atoms with Gasteiger partial charge >= 0.3 is 0 Å². The lowest BCUT2D eigenvalue weighted by Crippen LogP contribution is -2.46. The van der Waals surface area contributed by atoms with E-state index in [1.54, 1.807) is 0 Å². The van der Waals surface area contributed by atoms with E-state index in [-0.39, 0.29) is 0 Å². The maximum absolute atomic E-state index is 6.92. The van der Waals surface area contributed by atoms with Gasteiger partial charge in [-0.05, 0) is 24.7 Å². The topological polar surface area (TPSA) is 27.7 Å². The van der Waals surface area contributed by atoms with Crippen LogP contribution < -0.4 is 0 Å². The minimum atomic E-state index is 0.395. The number of rotatable bonds is 24. The average molecular weight is 495 g/mol. The van der Waals surface area contributed by atoms with E-state index in [0.29, 0.717) is 24.0 Å². The fourth-order valence-corrected chi connectivity index (χ4v) is 6.02. The Balaban J connectivity index is 1.73. The molecule has 0 amide bonds. The van der Waals surface area contributed by atoms with Crippen LogP contribution in [0.2, 0.25) is 0 Å². The monoisotopic (exact) mass is 494 g/mol. The van der Waals surface area contributed by atoms with Crippen molar-refractivity contribution in [3.8, 4) is 0 Å². The summed E-state index contributed by atoms with van der Waals surface area (Å²) in [5, 5.41) is 0. The normalized spacial score (nSPS) is 20.2. The van der Waals surface area contributed by atoms with Crippen molar-refractivity contribution in [1.29, 1.82) is 0 Å². The third-order valence-electron chi connectivity index (χ3n) is 9.02. The van der Waals surface area contributed by atoms with Crippen molar-refractivity contribution in [2.24, 2.45) is 23.7 Å². The quantitative estimate of drug-likeness (QED) is 0.125. The third kappa shape index (κ3) is 12.8. The zero-order valence-corrected chi connectivity index (χ0v) is 24.2. The molecule has 35 heavy (non-hydrogen) atoms. The second-order valence-corrected chi connectivity index (χ2v) is 11.9. The highest BCUT2D eigenvalue weighted by molar-refractivity contribution is 4.82. The maximum atomic E-state index is 6.92. The van der Waals surface area contributed by atoms with Crippen LogP contribution in [0.5, 0.6) is 0 Å². The van der Waals surface area contributed by atoms with E-state index >= 15 is 0 Å². The second-order valence-electron chi connectivity index (χ2n) is 11.9. The third-order valence-corrected chi connectivity index (χ3v) is 9.02. The van der Waals surface area contributed by atoms with Crippen LogP contribution in [-0.2, 0) is 14.2 Å². The molecular formula is C32H62O3. The summed E-state index contributed by atoms with van der Waals surface area (Å²) < 4.78 is 18.1. The molecule has 0 radical (unpaired) electrons. The highest BCUT2D eigenvalue weighted by Gasteiger charge is 2.35. The summed E-state index contributed by atoms with van der Waals surface area (Å²) in [5.41, 5.74) is 0. The zero-order valence-electron chi connectivity index (χ0n) is 24.2. The maximum Gasteiger partial charge on any atom is 0.0651 e. The minimum absolute atomic E-state index is 0.395. The molecule has 0 aliphatic carbocycles. The zero-order chi connectivity index (χ0) is 25.1. The Morgan fingerprint density at radius 1 is 0.514 bits per heavy atom.